The van der Waals surface area contributed by atoms with Crippen molar-refractivity contribution < 1.29 is 14.2 Å². The third-order valence-corrected chi connectivity index (χ3v) is 2.68. The maximum absolute atomic E-state index is 5.44. The van der Waals surface area contributed by atoms with E-state index in [1.165, 1.54) is 32.1 Å². The molecular weight excluding hydrogens is 180 g/mol. The van der Waals surface area contributed by atoms with E-state index >= 15 is 0 Å². The molecular formula is C11H22O3. The Morgan fingerprint density at radius 1 is 1.00 bits per heavy atom. The van der Waals surface area contributed by atoms with Gasteiger partial charge in [0.15, 0.2) is 0 Å². The molecule has 0 aromatic heterocycles. The van der Waals surface area contributed by atoms with E-state index in [2.05, 4.69) is 0 Å². The largest absolute Gasteiger partial charge is 0.382 e. The van der Waals surface area contributed by atoms with E-state index in [0.717, 1.165) is 12.5 Å². The highest BCUT2D eigenvalue weighted by Gasteiger charge is 2.12. The maximum atomic E-state index is 5.44. The minimum atomic E-state index is 0.417. The summed E-state index contributed by atoms with van der Waals surface area (Å²) in [4.78, 5) is 0. The van der Waals surface area contributed by atoms with Crippen molar-refractivity contribution in [1.82, 2.24) is 0 Å². The summed E-state index contributed by atoms with van der Waals surface area (Å²) in [7, 11) is 1.67. The molecule has 0 atom stereocenters. The molecule has 84 valence electrons. The van der Waals surface area contributed by atoms with Crippen molar-refractivity contribution in [3.63, 3.8) is 0 Å². The molecule has 0 amide bonds. The van der Waals surface area contributed by atoms with Crippen LogP contribution in [0.5, 0.6) is 0 Å². The number of rotatable bonds is 7. The van der Waals surface area contributed by atoms with Gasteiger partial charge >= 0.3 is 0 Å². The molecule has 3 heteroatoms. The van der Waals surface area contributed by atoms with E-state index in [1.54, 1.807) is 7.11 Å². The molecule has 1 saturated carbocycles. The van der Waals surface area contributed by atoms with Gasteiger partial charge in [-0.25, -0.2) is 0 Å². The lowest BCUT2D eigenvalue weighted by Gasteiger charge is -2.21. The van der Waals surface area contributed by atoms with Crippen LogP contribution in [-0.4, -0.2) is 33.7 Å². The lowest BCUT2D eigenvalue weighted by atomic mass is 9.90. The summed E-state index contributed by atoms with van der Waals surface area (Å²) in [5.41, 5.74) is 0. The lowest BCUT2D eigenvalue weighted by Crippen LogP contribution is -2.15. The third kappa shape index (κ3) is 5.58. The molecule has 1 fully saturated rings. The van der Waals surface area contributed by atoms with Crippen LogP contribution >= 0.6 is 0 Å². The fourth-order valence-electron chi connectivity index (χ4n) is 1.83. The van der Waals surface area contributed by atoms with Gasteiger partial charge < -0.3 is 14.2 Å². The summed E-state index contributed by atoms with van der Waals surface area (Å²) in [5.74, 6) is 0.773. The number of hydrogen-bond donors (Lipinski definition) is 0. The smallest absolute Gasteiger partial charge is 0.146 e. The zero-order valence-electron chi connectivity index (χ0n) is 9.17. The minimum Gasteiger partial charge on any atom is -0.382 e. The topological polar surface area (TPSA) is 27.7 Å². The van der Waals surface area contributed by atoms with Crippen LogP contribution in [0.1, 0.15) is 32.1 Å². The summed E-state index contributed by atoms with van der Waals surface area (Å²) >= 11 is 0. The summed E-state index contributed by atoms with van der Waals surface area (Å²) in [6.45, 7) is 2.56. The van der Waals surface area contributed by atoms with Gasteiger partial charge in [0.1, 0.15) is 6.79 Å². The van der Waals surface area contributed by atoms with Crippen molar-refractivity contribution in [2.24, 2.45) is 5.92 Å². The fraction of sp³-hybridized carbons (Fsp3) is 1.00. The second-order valence-electron chi connectivity index (χ2n) is 3.89. The third-order valence-electron chi connectivity index (χ3n) is 2.68. The van der Waals surface area contributed by atoms with Gasteiger partial charge in [0.05, 0.1) is 19.8 Å². The van der Waals surface area contributed by atoms with Crippen LogP contribution in [0.3, 0.4) is 0 Å². The molecule has 0 heterocycles. The van der Waals surface area contributed by atoms with Crippen LogP contribution < -0.4 is 0 Å². The summed E-state index contributed by atoms with van der Waals surface area (Å²) < 4.78 is 15.5. The monoisotopic (exact) mass is 202 g/mol. The maximum Gasteiger partial charge on any atom is 0.146 e. The van der Waals surface area contributed by atoms with E-state index in [0.29, 0.717) is 20.0 Å². The Hall–Kier alpha value is -0.120. The Morgan fingerprint density at radius 2 is 1.79 bits per heavy atom. The Balaban J connectivity index is 1.82. The average molecular weight is 202 g/mol. The highest BCUT2D eigenvalue weighted by atomic mass is 16.7. The Kier molecular flexibility index (Phi) is 7.01. The van der Waals surface area contributed by atoms with Gasteiger partial charge in [0.2, 0.25) is 0 Å². The number of hydrogen-bond acceptors (Lipinski definition) is 3. The van der Waals surface area contributed by atoms with Gasteiger partial charge in [-0.15, -0.1) is 0 Å². The average Bonchev–Trinajstić information content (AvgIpc) is 2.25. The molecule has 0 saturated heterocycles. The second-order valence-corrected chi connectivity index (χ2v) is 3.89. The van der Waals surface area contributed by atoms with E-state index in [9.17, 15) is 0 Å². The molecule has 0 N–H and O–H groups in total. The van der Waals surface area contributed by atoms with Crippen LogP contribution in [0.25, 0.3) is 0 Å². The van der Waals surface area contributed by atoms with Crippen molar-refractivity contribution in [1.29, 1.82) is 0 Å². The van der Waals surface area contributed by atoms with Crippen molar-refractivity contribution in [3.05, 3.63) is 0 Å². The van der Waals surface area contributed by atoms with Crippen molar-refractivity contribution in [2.45, 2.75) is 32.1 Å². The first-order chi connectivity index (χ1) is 6.93. The van der Waals surface area contributed by atoms with Gasteiger partial charge in [-0.05, 0) is 18.8 Å². The standard InChI is InChI=1S/C11H22O3/c1-12-7-8-13-10-14-9-11-5-3-2-4-6-11/h11H,2-10H2,1H3. The first-order valence-corrected chi connectivity index (χ1v) is 5.58. The molecule has 0 spiro atoms. The Labute approximate surface area is 86.7 Å². The lowest BCUT2D eigenvalue weighted by molar-refractivity contribution is -0.0773. The van der Waals surface area contributed by atoms with Gasteiger partial charge in [-0.3, -0.25) is 0 Å². The zero-order valence-corrected chi connectivity index (χ0v) is 9.17. The van der Waals surface area contributed by atoms with Crippen molar-refractivity contribution in [3.8, 4) is 0 Å². The fourth-order valence-corrected chi connectivity index (χ4v) is 1.83. The molecule has 0 aromatic carbocycles. The molecule has 0 aromatic rings. The summed E-state index contributed by atoms with van der Waals surface area (Å²) in [6.07, 6.45) is 6.81. The van der Waals surface area contributed by atoms with Crippen LogP contribution in [0.15, 0.2) is 0 Å². The van der Waals surface area contributed by atoms with Crippen LogP contribution in [0.4, 0.5) is 0 Å². The summed E-state index contributed by atoms with van der Waals surface area (Å²) in [5, 5.41) is 0. The molecule has 0 unspecified atom stereocenters. The molecule has 0 aliphatic heterocycles. The molecule has 0 bridgehead atoms. The van der Waals surface area contributed by atoms with E-state index < -0.39 is 0 Å². The van der Waals surface area contributed by atoms with Crippen LogP contribution in [0, 0.1) is 5.92 Å². The van der Waals surface area contributed by atoms with Gasteiger partial charge in [-0.2, -0.15) is 0 Å². The van der Waals surface area contributed by atoms with E-state index in [4.69, 9.17) is 14.2 Å². The van der Waals surface area contributed by atoms with E-state index in [-0.39, 0.29) is 0 Å². The van der Waals surface area contributed by atoms with Crippen molar-refractivity contribution in [2.75, 3.05) is 33.7 Å². The molecule has 1 aliphatic rings. The van der Waals surface area contributed by atoms with Crippen molar-refractivity contribution >= 4 is 0 Å². The van der Waals surface area contributed by atoms with Crippen LogP contribution in [0.2, 0.25) is 0 Å². The highest BCUT2D eigenvalue weighted by molar-refractivity contribution is 4.64. The SMILES string of the molecule is COCCOCOCC1CCCCC1. The first kappa shape index (κ1) is 12.0. The molecule has 1 rings (SSSR count). The highest BCUT2D eigenvalue weighted by Crippen LogP contribution is 2.23. The molecule has 1 aliphatic carbocycles. The summed E-state index contributed by atoms with van der Waals surface area (Å²) in [6, 6.07) is 0. The van der Waals surface area contributed by atoms with Gasteiger partial charge in [-0.1, -0.05) is 19.3 Å². The van der Waals surface area contributed by atoms with Gasteiger partial charge in [0.25, 0.3) is 0 Å². The predicted octanol–water partition coefficient (Wildman–Crippen LogP) is 2.20. The number of ether oxygens (including phenoxy) is 3. The first-order valence-electron chi connectivity index (χ1n) is 5.58. The molecule has 3 nitrogen and oxygen atoms in total. The number of methoxy groups -OCH3 is 1. The molecule has 14 heavy (non-hydrogen) atoms. The quantitative estimate of drug-likeness (QED) is 0.468. The zero-order chi connectivity index (χ0) is 10.1. The Morgan fingerprint density at radius 3 is 2.50 bits per heavy atom. The van der Waals surface area contributed by atoms with Crippen LogP contribution in [-0.2, 0) is 14.2 Å². The Bertz CT molecular complexity index is 122. The minimum absolute atomic E-state index is 0.417. The normalized spacial score (nSPS) is 18.6. The molecule has 0 radical (unpaired) electrons. The predicted molar refractivity (Wildman–Crippen MR) is 55.2 cm³/mol. The van der Waals surface area contributed by atoms with E-state index in [1.807, 2.05) is 0 Å². The second kappa shape index (κ2) is 8.21. The van der Waals surface area contributed by atoms with Gasteiger partial charge in [0, 0.05) is 7.11 Å².